The van der Waals surface area contributed by atoms with Gasteiger partial charge in [0.05, 0.1) is 6.54 Å². The summed E-state index contributed by atoms with van der Waals surface area (Å²) in [5, 5.41) is 3.91. The SMILES string of the molecule is C.CCCS.[C-]#[N+]N=C(OC#CC#CC#C)OC#CC#CC#C.[C-]#[N+]NC1=NCCS1.[HH].[HH]. The predicted molar refractivity (Wildman–Crippen MR) is 135 cm³/mol. The molecule has 0 unspecified atom stereocenters. The van der Waals surface area contributed by atoms with Crippen LogP contribution in [0.2, 0.25) is 0 Å². The topological polar surface area (TPSA) is 63.9 Å². The van der Waals surface area contributed by atoms with Gasteiger partial charge in [-0.3, -0.25) is 4.99 Å². The molecule has 1 N–H and O–H groups in total. The Bertz CT molecular complexity index is 962. The molecule has 1 aliphatic heterocycles. The molecule has 1 aliphatic rings. The smallest absolute Gasteiger partial charge is 0.350 e. The number of hydrogen-bond donors (Lipinski definition) is 2. The number of thioether (sulfide) groups is 1. The minimum Gasteiger partial charge on any atom is -0.350 e. The van der Waals surface area contributed by atoms with Crippen LogP contribution in [0.5, 0.6) is 0 Å². The Morgan fingerprint density at radius 3 is 2.10 bits per heavy atom. The number of nitrogens with zero attached hydrogens (tertiary/aromatic N) is 4. The van der Waals surface area contributed by atoms with E-state index in [2.05, 4.69) is 114 Å². The number of ether oxygens (including phenoxy) is 2. The summed E-state index contributed by atoms with van der Waals surface area (Å²) in [7, 11) is 0. The largest absolute Gasteiger partial charge is 0.492 e. The van der Waals surface area contributed by atoms with Crippen LogP contribution >= 0.6 is 24.4 Å². The van der Waals surface area contributed by atoms with Crippen molar-refractivity contribution in [2.45, 2.75) is 20.8 Å². The van der Waals surface area contributed by atoms with Crippen molar-refractivity contribution in [2.24, 2.45) is 10.1 Å². The quantitative estimate of drug-likeness (QED) is 0.160. The third-order valence-corrected chi connectivity index (χ3v) is 3.19. The van der Waals surface area contributed by atoms with E-state index in [4.69, 9.17) is 26.0 Å². The van der Waals surface area contributed by atoms with E-state index in [-0.39, 0.29) is 10.3 Å². The van der Waals surface area contributed by atoms with E-state index in [1.165, 1.54) is 6.42 Å². The molecule has 7 nitrogen and oxygen atoms in total. The van der Waals surface area contributed by atoms with Gasteiger partial charge in [-0.2, -0.15) is 30.7 Å². The second-order valence-corrected chi connectivity index (χ2v) is 5.43. The highest BCUT2D eigenvalue weighted by Crippen LogP contribution is 2.08. The highest BCUT2D eigenvalue weighted by molar-refractivity contribution is 8.14. The molecular formula is C22H23N5O2S2. The average molecular weight is 454 g/mol. The molecular weight excluding hydrogens is 430 g/mol. The summed E-state index contributed by atoms with van der Waals surface area (Å²) in [6.07, 6.45) is 14.7. The summed E-state index contributed by atoms with van der Waals surface area (Å²) in [5.74, 6) is 19.6. The van der Waals surface area contributed by atoms with Crippen molar-refractivity contribution in [1.82, 2.24) is 5.43 Å². The van der Waals surface area contributed by atoms with Gasteiger partial charge in [0.25, 0.3) is 0 Å². The lowest BCUT2D eigenvalue weighted by Gasteiger charge is -1.89. The lowest BCUT2D eigenvalue weighted by atomic mass is 10.6. The Balaban J connectivity index is -0.000000145. The van der Waals surface area contributed by atoms with Crippen molar-refractivity contribution in [3.63, 3.8) is 0 Å². The minimum atomic E-state index is -0.449. The summed E-state index contributed by atoms with van der Waals surface area (Å²) < 4.78 is 9.25. The first-order valence-electron chi connectivity index (χ1n) is 7.79. The molecule has 0 aliphatic carbocycles. The van der Waals surface area contributed by atoms with Crippen molar-refractivity contribution in [1.29, 1.82) is 0 Å². The van der Waals surface area contributed by atoms with Crippen molar-refractivity contribution < 1.29 is 12.3 Å². The minimum absolute atomic E-state index is 0. The molecule has 160 valence electrons. The molecule has 1 heterocycles. The molecule has 0 saturated heterocycles. The van der Waals surface area contributed by atoms with Crippen molar-refractivity contribution >= 4 is 35.6 Å². The number of thiol groups is 1. The molecule has 0 amide bonds. The highest BCUT2D eigenvalue weighted by atomic mass is 32.2. The fourth-order valence-corrected chi connectivity index (χ4v) is 1.55. The number of hydrogen-bond acceptors (Lipinski definition) is 7. The lowest BCUT2D eigenvalue weighted by Crippen LogP contribution is -2.07. The Kier molecular flexibility index (Phi) is 28.4. The summed E-state index contributed by atoms with van der Waals surface area (Å²) in [5.41, 5.74) is 2.45. The van der Waals surface area contributed by atoms with Crippen LogP contribution < -0.4 is 5.43 Å². The molecule has 0 atom stereocenters. The summed E-state index contributed by atoms with van der Waals surface area (Å²) in [6.45, 7) is 15.8. The first-order valence-corrected chi connectivity index (χ1v) is 9.41. The molecule has 0 radical (unpaired) electrons. The van der Waals surface area contributed by atoms with Gasteiger partial charge in [-0.25, -0.2) is 0 Å². The maximum atomic E-state index is 6.50. The molecule has 31 heavy (non-hydrogen) atoms. The summed E-state index contributed by atoms with van der Waals surface area (Å²) in [4.78, 5) is 9.63. The normalized spacial score (nSPS) is 8.26. The molecule has 1 rings (SSSR count). The van der Waals surface area contributed by atoms with E-state index < -0.39 is 6.08 Å². The van der Waals surface area contributed by atoms with Crippen LogP contribution in [0.15, 0.2) is 10.1 Å². The number of nitrogens with one attached hydrogen (secondary N) is 1. The van der Waals surface area contributed by atoms with Gasteiger partial charge in [0.2, 0.25) is 5.17 Å². The van der Waals surface area contributed by atoms with Gasteiger partial charge in [-0.05, 0) is 35.9 Å². The van der Waals surface area contributed by atoms with E-state index in [1.54, 1.807) is 11.8 Å². The van der Waals surface area contributed by atoms with Crippen LogP contribution in [0.3, 0.4) is 0 Å². The first-order chi connectivity index (χ1) is 14.7. The number of rotatable bonds is 1. The predicted octanol–water partition coefficient (Wildman–Crippen LogP) is 3.37. The van der Waals surface area contributed by atoms with Crippen LogP contribution in [-0.2, 0) is 9.47 Å². The Hall–Kier alpha value is -4.22. The molecule has 0 bridgehead atoms. The zero-order chi connectivity index (χ0) is 22.7. The fraction of sp³-hybridized carbons (Fsp3) is 0.273. The number of terminal acetylenes is 2. The molecule has 0 spiro atoms. The van der Waals surface area contributed by atoms with Gasteiger partial charge in [0.1, 0.15) is 12.2 Å². The third-order valence-electron chi connectivity index (χ3n) is 1.87. The second-order valence-electron chi connectivity index (χ2n) is 3.90. The zero-order valence-corrected chi connectivity index (χ0v) is 17.7. The standard InChI is InChI=1S/C14H2N2O2.C4H5N3S.C3H8S.CH4.2H2/c1-4-6-8-10-12-17-14(16-15-3)18-13-11-9-7-5-2;1-5-7-4-6-2-3-8-4;1-2-3-4;;;/h1-2H;2-3H2,(H,6,7);4H,2-3H2,1H3;1H4;2*1H. The van der Waals surface area contributed by atoms with Gasteiger partial charge < -0.3 is 9.47 Å². The van der Waals surface area contributed by atoms with E-state index in [9.17, 15) is 0 Å². The molecule has 9 heteroatoms. The van der Waals surface area contributed by atoms with Crippen LogP contribution in [0.4, 0.5) is 0 Å². The number of aliphatic imine (C=N–C) groups is 1. The van der Waals surface area contributed by atoms with Crippen LogP contribution in [0, 0.1) is 85.6 Å². The molecule has 0 aromatic carbocycles. The van der Waals surface area contributed by atoms with Gasteiger partial charge in [-0.1, -0.05) is 31.5 Å². The summed E-state index contributed by atoms with van der Waals surface area (Å²) in [6, 6.07) is 0. The summed E-state index contributed by atoms with van der Waals surface area (Å²) >= 11 is 5.51. The van der Waals surface area contributed by atoms with Crippen LogP contribution in [0.25, 0.3) is 9.91 Å². The van der Waals surface area contributed by atoms with Crippen LogP contribution in [0.1, 0.15) is 23.6 Å². The van der Waals surface area contributed by atoms with Gasteiger partial charge in [-0.15, -0.1) is 17.8 Å². The Morgan fingerprint density at radius 1 is 1.19 bits per heavy atom. The second kappa shape index (κ2) is 28.0. The first kappa shape index (κ1) is 31.5. The fourth-order valence-electron chi connectivity index (χ4n) is 0.877. The monoisotopic (exact) mass is 453 g/mol. The van der Waals surface area contributed by atoms with Crippen LogP contribution in [-0.4, -0.2) is 29.3 Å². The highest BCUT2D eigenvalue weighted by Gasteiger charge is 2.06. The van der Waals surface area contributed by atoms with E-state index in [0.717, 1.165) is 23.2 Å². The number of amidine groups is 1. The Morgan fingerprint density at radius 2 is 1.74 bits per heavy atom. The van der Waals surface area contributed by atoms with Crippen molar-refractivity contribution in [3.05, 3.63) is 23.1 Å². The molecule has 0 aromatic rings. The molecule has 0 aromatic heterocycles. The van der Waals surface area contributed by atoms with Crippen molar-refractivity contribution in [2.75, 3.05) is 18.1 Å². The average Bonchev–Trinajstić information content (AvgIpc) is 3.27. The zero-order valence-electron chi connectivity index (χ0n) is 15.9. The molecule has 0 fully saturated rings. The lowest BCUT2D eigenvalue weighted by molar-refractivity contribution is 0.339. The van der Waals surface area contributed by atoms with Gasteiger partial charge in [0.15, 0.2) is 5.10 Å². The van der Waals surface area contributed by atoms with Gasteiger partial charge >= 0.3 is 6.08 Å². The van der Waals surface area contributed by atoms with Gasteiger partial charge in [0, 0.05) is 32.3 Å². The third kappa shape index (κ3) is 25.8. The van der Waals surface area contributed by atoms with Crippen molar-refractivity contribution in [3.8, 4) is 72.4 Å². The van der Waals surface area contributed by atoms with E-state index >= 15 is 0 Å². The van der Waals surface area contributed by atoms with E-state index in [1.807, 2.05) is 0 Å². The maximum absolute atomic E-state index is 6.50. The Labute approximate surface area is 197 Å². The van der Waals surface area contributed by atoms with E-state index in [0.29, 0.717) is 0 Å². The maximum Gasteiger partial charge on any atom is 0.492 e. The molecule has 0 saturated carbocycles.